The standard InChI is InChI=1S/C21H17Cl2F3N5.Na/c1-20(2,3)17-14(23)16(31(4)30-17)19-28-15-12(22)9-13(27-18(15)29-19)10-7-5-6-8-11(10)21(24,25)26;/h5-9H,1-4H3;/q-1;+1. The van der Waals surface area contributed by atoms with Crippen LogP contribution in [0.25, 0.3) is 33.9 Å². The summed E-state index contributed by atoms with van der Waals surface area (Å²) >= 11 is 12.9. The van der Waals surface area contributed by atoms with E-state index in [1.165, 1.54) is 24.3 Å². The maximum atomic E-state index is 13.4. The monoisotopic (exact) mass is 489 g/mol. The number of alkyl halides is 3. The molecule has 0 aliphatic heterocycles. The van der Waals surface area contributed by atoms with Crippen LogP contribution >= 0.6 is 23.2 Å². The molecular weight excluding hydrogens is 473 g/mol. The smallest absolute Gasteiger partial charge is 0.432 e. The van der Waals surface area contributed by atoms with Gasteiger partial charge in [-0.05, 0) is 18.0 Å². The fourth-order valence-electron chi connectivity index (χ4n) is 3.32. The molecule has 11 heteroatoms. The summed E-state index contributed by atoms with van der Waals surface area (Å²) in [4.78, 5) is 13.1. The maximum absolute atomic E-state index is 13.4. The van der Waals surface area contributed by atoms with E-state index < -0.39 is 11.7 Å². The SMILES string of the molecule is Cn1nc(C(C)(C)C)c(Cl)c1-c1nc2nc(-c3ccccc3C(F)(F)F)cc(Cl)c2[n-]1.[Na+]. The number of halogens is 5. The van der Waals surface area contributed by atoms with Crippen LogP contribution in [0.1, 0.15) is 32.0 Å². The predicted octanol–water partition coefficient (Wildman–Crippen LogP) is 3.28. The Morgan fingerprint density at radius 3 is 2.28 bits per heavy atom. The van der Waals surface area contributed by atoms with Crippen LogP contribution in [0.2, 0.25) is 10.0 Å². The first-order chi connectivity index (χ1) is 14.4. The number of imidazole rings is 1. The number of pyridine rings is 1. The van der Waals surface area contributed by atoms with Crippen LogP contribution in [0.4, 0.5) is 13.2 Å². The van der Waals surface area contributed by atoms with Crippen molar-refractivity contribution in [3.8, 4) is 22.8 Å². The predicted molar refractivity (Wildman–Crippen MR) is 114 cm³/mol. The Kier molecular flexibility index (Phi) is 6.77. The van der Waals surface area contributed by atoms with E-state index in [1.807, 2.05) is 20.8 Å². The molecule has 0 fully saturated rings. The van der Waals surface area contributed by atoms with Crippen LogP contribution in [0.5, 0.6) is 0 Å². The number of rotatable bonds is 2. The summed E-state index contributed by atoms with van der Waals surface area (Å²) in [6, 6.07) is 6.54. The van der Waals surface area contributed by atoms with Gasteiger partial charge in [-0.2, -0.15) is 18.3 Å². The molecule has 4 aromatic rings. The quantitative estimate of drug-likeness (QED) is 0.405. The van der Waals surface area contributed by atoms with E-state index in [4.69, 9.17) is 23.2 Å². The average Bonchev–Trinajstić information content (AvgIpc) is 3.21. The minimum Gasteiger partial charge on any atom is -0.432 e. The van der Waals surface area contributed by atoms with Gasteiger partial charge >= 0.3 is 35.7 Å². The molecule has 0 N–H and O–H groups in total. The van der Waals surface area contributed by atoms with Crippen LogP contribution in [0.15, 0.2) is 30.3 Å². The summed E-state index contributed by atoms with van der Waals surface area (Å²) in [6.07, 6.45) is -4.53. The van der Waals surface area contributed by atoms with Crippen LogP contribution in [-0.4, -0.2) is 19.7 Å². The summed E-state index contributed by atoms with van der Waals surface area (Å²) < 4.78 is 41.9. The Hall–Kier alpha value is -1.58. The molecule has 0 aliphatic carbocycles. The largest absolute Gasteiger partial charge is 1.00 e. The van der Waals surface area contributed by atoms with Gasteiger partial charge in [0.2, 0.25) is 0 Å². The molecule has 32 heavy (non-hydrogen) atoms. The van der Waals surface area contributed by atoms with Gasteiger partial charge < -0.3 is 9.97 Å². The van der Waals surface area contributed by atoms with Crippen molar-refractivity contribution in [2.45, 2.75) is 32.4 Å². The van der Waals surface area contributed by atoms with Gasteiger partial charge in [0.25, 0.3) is 0 Å². The number of benzene rings is 1. The zero-order chi connectivity index (χ0) is 22.7. The molecule has 5 nitrogen and oxygen atoms in total. The van der Waals surface area contributed by atoms with E-state index in [9.17, 15) is 13.2 Å². The molecular formula is C21H17Cl2F3N5Na. The molecule has 3 heterocycles. The Morgan fingerprint density at radius 1 is 1.03 bits per heavy atom. The van der Waals surface area contributed by atoms with Crippen LogP contribution in [-0.2, 0) is 18.6 Å². The summed E-state index contributed by atoms with van der Waals surface area (Å²) in [5.41, 5.74) is 0.437. The van der Waals surface area contributed by atoms with E-state index in [-0.39, 0.29) is 68.2 Å². The second kappa shape index (κ2) is 8.65. The van der Waals surface area contributed by atoms with Crippen molar-refractivity contribution in [1.29, 1.82) is 0 Å². The molecule has 0 saturated carbocycles. The van der Waals surface area contributed by atoms with E-state index in [1.54, 1.807) is 11.7 Å². The van der Waals surface area contributed by atoms with Gasteiger partial charge in [0, 0.05) is 28.6 Å². The number of aryl methyl sites for hydroxylation is 1. The topological polar surface area (TPSA) is 57.7 Å². The molecule has 162 valence electrons. The molecule has 3 aromatic heterocycles. The van der Waals surface area contributed by atoms with Gasteiger partial charge in [0.1, 0.15) is 0 Å². The molecule has 0 aliphatic rings. The summed E-state index contributed by atoms with van der Waals surface area (Å²) in [6.45, 7) is 5.95. The first-order valence-corrected chi connectivity index (χ1v) is 10.0. The third-order valence-electron chi connectivity index (χ3n) is 4.78. The third-order valence-corrected chi connectivity index (χ3v) is 5.42. The molecule has 0 radical (unpaired) electrons. The van der Waals surface area contributed by atoms with Gasteiger partial charge in [-0.1, -0.05) is 62.2 Å². The van der Waals surface area contributed by atoms with Gasteiger partial charge in [-0.25, -0.2) is 0 Å². The first kappa shape index (κ1) is 25.1. The van der Waals surface area contributed by atoms with Gasteiger partial charge in [0.15, 0.2) is 0 Å². The van der Waals surface area contributed by atoms with E-state index in [0.717, 1.165) is 6.07 Å². The Labute approximate surface area is 214 Å². The Morgan fingerprint density at radius 2 is 1.69 bits per heavy atom. The average molecular weight is 490 g/mol. The zero-order valence-electron chi connectivity index (χ0n) is 18.0. The first-order valence-electron chi connectivity index (χ1n) is 9.29. The summed E-state index contributed by atoms with van der Waals surface area (Å²) in [7, 11) is 1.72. The molecule has 1 aromatic carbocycles. The van der Waals surface area contributed by atoms with Crippen molar-refractivity contribution in [1.82, 2.24) is 24.7 Å². The van der Waals surface area contributed by atoms with Gasteiger partial charge in [-0.3, -0.25) is 9.67 Å². The minimum atomic E-state index is -4.53. The number of hydrogen-bond acceptors (Lipinski definition) is 3. The molecule has 0 saturated heterocycles. The van der Waals surface area contributed by atoms with E-state index in [0.29, 0.717) is 16.4 Å². The Bertz CT molecular complexity index is 1310. The van der Waals surface area contributed by atoms with Crippen LogP contribution in [0.3, 0.4) is 0 Å². The van der Waals surface area contributed by atoms with Crippen molar-refractivity contribution >= 4 is 34.4 Å². The fourth-order valence-corrected chi connectivity index (χ4v) is 4.08. The van der Waals surface area contributed by atoms with Gasteiger partial charge in [-0.15, -0.1) is 0 Å². The number of fused-ring (bicyclic) bond motifs is 1. The number of aromatic nitrogens is 5. The van der Waals surface area contributed by atoms with Crippen LogP contribution < -0.4 is 34.5 Å². The van der Waals surface area contributed by atoms with E-state index in [2.05, 4.69) is 20.1 Å². The zero-order valence-corrected chi connectivity index (χ0v) is 21.5. The van der Waals surface area contributed by atoms with Crippen molar-refractivity contribution in [2.24, 2.45) is 7.05 Å². The molecule has 0 unspecified atom stereocenters. The molecule has 0 atom stereocenters. The normalized spacial score (nSPS) is 12.3. The van der Waals surface area contributed by atoms with E-state index >= 15 is 0 Å². The fraction of sp³-hybridized carbons (Fsp3) is 0.286. The second-order valence-electron chi connectivity index (χ2n) is 8.14. The Balaban J connectivity index is 0.00000289. The van der Waals surface area contributed by atoms with Crippen molar-refractivity contribution in [2.75, 3.05) is 0 Å². The van der Waals surface area contributed by atoms with Crippen molar-refractivity contribution < 1.29 is 42.7 Å². The van der Waals surface area contributed by atoms with Crippen molar-refractivity contribution in [3.63, 3.8) is 0 Å². The van der Waals surface area contributed by atoms with Crippen molar-refractivity contribution in [3.05, 3.63) is 51.6 Å². The molecule has 0 bridgehead atoms. The molecule has 0 spiro atoms. The minimum absolute atomic E-state index is 0. The van der Waals surface area contributed by atoms with Crippen LogP contribution in [0, 0.1) is 0 Å². The number of hydrogen-bond donors (Lipinski definition) is 0. The maximum Gasteiger partial charge on any atom is 1.00 e. The molecule has 4 rings (SSSR count). The molecule has 0 amide bonds. The third kappa shape index (κ3) is 4.43. The number of nitrogens with zero attached hydrogens (tertiary/aromatic N) is 5. The second-order valence-corrected chi connectivity index (χ2v) is 8.92. The van der Waals surface area contributed by atoms with Gasteiger partial charge in [0.05, 0.1) is 33.3 Å². The summed E-state index contributed by atoms with van der Waals surface area (Å²) in [5.74, 6) is 0.251. The summed E-state index contributed by atoms with van der Waals surface area (Å²) in [5, 5.41) is 5.03.